The van der Waals surface area contributed by atoms with Crippen LogP contribution in [0.25, 0.3) is 32.9 Å². The van der Waals surface area contributed by atoms with Crippen molar-refractivity contribution in [3.63, 3.8) is 0 Å². The van der Waals surface area contributed by atoms with Gasteiger partial charge in [-0.25, -0.2) is 4.79 Å². The molecule has 3 aromatic carbocycles. The van der Waals surface area contributed by atoms with Crippen molar-refractivity contribution < 1.29 is 14.4 Å². The molecule has 0 unspecified atom stereocenters. The van der Waals surface area contributed by atoms with Crippen LogP contribution in [0.15, 0.2) is 59.1 Å². The third-order valence-corrected chi connectivity index (χ3v) is 6.43. The fourth-order valence-corrected chi connectivity index (χ4v) is 4.95. The van der Waals surface area contributed by atoms with Gasteiger partial charge in [0.25, 0.3) is 0 Å². The molecule has 0 bridgehead atoms. The number of hydrogen-bond donors (Lipinski definition) is 0. The predicted molar refractivity (Wildman–Crippen MR) is 128 cm³/mol. The van der Waals surface area contributed by atoms with Gasteiger partial charge in [0.05, 0.1) is 11.0 Å². The maximum Gasteiger partial charge on any atom is 0.534 e. The van der Waals surface area contributed by atoms with Crippen molar-refractivity contribution in [2.75, 3.05) is 0 Å². The average molecular weight is 478 g/mol. The number of carbonyl (C=O) groups excluding carboxylic acids is 1. The highest BCUT2D eigenvalue weighted by atomic mass is 79.9. The molecule has 0 spiro atoms. The number of benzene rings is 3. The Morgan fingerprint density at radius 3 is 2.35 bits per heavy atom. The van der Waals surface area contributed by atoms with Crippen LogP contribution in [0.1, 0.15) is 45.7 Å². The zero-order valence-electron chi connectivity index (χ0n) is 18.2. The number of hydrogen-bond acceptors (Lipinski definition) is 3. The first-order valence-electron chi connectivity index (χ1n) is 10.4. The van der Waals surface area contributed by atoms with E-state index in [4.69, 9.17) is 9.57 Å². The van der Waals surface area contributed by atoms with Gasteiger partial charge in [0, 0.05) is 20.7 Å². The molecule has 0 fully saturated rings. The molecule has 0 N–H and O–H groups in total. The third-order valence-electron chi connectivity index (χ3n) is 5.94. The van der Waals surface area contributed by atoms with Gasteiger partial charge >= 0.3 is 6.16 Å². The van der Waals surface area contributed by atoms with Gasteiger partial charge in [-0.3, -0.25) is 0 Å². The van der Waals surface area contributed by atoms with E-state index in [9.17, 15) is 4.79 Å². The summed E-state index contributed by atoms with van der Waals surface area (Å²) >= 11 is 3.58. The van der Waals surface area contributed by atoms with Crippen LogP contribution in [0.3, 0.4) is 0 Å². The van der Waals surface area contributed by atoms with Crippen LogP contribution < -0.4 is 4.84 Å². The van der Waals surface area contributed by atoms with E-state index in [0.29, 0.717) is 0 Å². The Hall–Kier alpha value is -2.79. The molecular formula is C26H24BrNO3. The first kappa shape index (κ1) is 20.1. The summed E-state index contributed by atoms with van der Waals surface area (Å²) in [5.41, 5.74) is 5.90. The highest BCUT2D eigenvalue weighted by molar-refractivity contribution is 9.10. The molecule has 5 heteroatoms. The Bertz CT molecular complexity index is 1380. The summed E-state index contributed by atoms with van der Waals surface area (Å²) in [4.78, 5) is 18.3. The standard InChI is InChI=1S/C26H24BrNO3/c1-25(2,3)30-24(29)31-28-22-11-10-15(27)12-18(22)19-13-17-16-8-6-7-9-20(16)26(4,5)21(17)14-23(19)28/h6-14H,1-5H3. The van der Waals surface area contributed by atoms with Crippen molar-refractivity contribution in [1.29, 1.82) is 0 Å². The fraction of sp³-hybridized carbons (Fsp3) is 0.269. The molecule has 0 amide bonds. The maximum absolute atomic E-state index is 12.5. The largest absolute Gasteiger partial charge is 0.534 e. The average Bonchev–Trinajstić information content (AvgIpc) is 3.09. The van der Waals surface area contributed by atoms with Crippen LogP contribution in [0.5, 0.6) is 0 Å². The van der Waals surface area contributed by atoms with E-state index in [1.54, 1.807) is 4.73 Å². The molecule has 4 aromatic rings. The minimum atomic E-state index is -0.725. The highest BCUT2D eigenvalue weighted by Crippen LogP contribution is 2.50. The molecule has 1 aliphatic carbocycles. The quantitative estimate of drug-likeness (QED) is 0.271. The molecule has 158 valence electrons. The SMILES string of the molecule is CC(C)(C)OC(=O)On1c2ccc(Br)cc2c2cc3c(cc21)C(C)(C)c1ccccc1-3. The van der Waals surface area contributed by atoms with Gasteiger partial charge in [0.15, 0.2) is 0 Å². The predicted octanol–water partition coefficient (Wildman–Crippen LogP) is 7.23. The van der Waals surface area contributed by atoms with E-state index in [2.05, 4.69) is 72.2 Å². The van der Waals surface area contributed by atoms with Gasteiger partial charge in [-0.2, -0.15) is 4.73 Å². The number of aromatic nitrogens is 1. The van der Waals surface area contributed by atoms with Crippen LogP contribution in [0.2, 0.25) is 0 Å². The molecule has 0 saturated carbocycles. The van der Waals surface area contributed by atoms with Crippen molar-refractivity contribution in [1.82, 2.24) is 4.73 Å². The molecule has 0 atom stereocenters. The van der Waals surface area contributed by atoms with Gasteiger partial charge in [0.2, 0.25) is 0 Å². The van der Waals surface area contributed by atoms with E-state index in [0.717, 1.165) is 26.3 Å². The first-order chi connectivity index (χ1) is 14.6. The minimum Gasteiger partial charge on any atom is -0.427 e. The van der Waals surface area contributed by atoms with Crippen LogP contribution in [0, 0.1) is 0 Å². The van der Waals surface area contributed by atoms with E-state index in [1.807, 2.05) is 32.9 Å². The Morgan fingerprint density at radius 2 is 1.61 bits per heavy atom. The zero-order valence-corrected chi connectivity index (χ0v) is 19.8. The minimum absolute atomic E-state index is 0.145. The van der Waals surface area contributed by atoms with Crippen molar-refractivity contribution >= 4 is 43.9 Å². The number of rotatable bonds is 1. The molecule has 1 aliphatic rings. The summed E-state index contributed by atoms with van der Waals surface area (Å²) in [6.07, 6.45) is -0.725. The summed E-state index contributed by atoms with van der Waals surface area (Å²) < 4.78 is 8.00. The summed E-state index contributed by atoms with van der Waals surface area (Å²) in [7, 11) is 0. The molecule has 1 heterocycles. The van der Waals surface area contributed by atoms with E-state index in [1.165, 1.54) is 22.3 Å². The smallest absolute Gasteiger partial charge is 0.427 e. The lowest BCUT2D eigenvalue weighted by Gasteiger charge is -2.22. The van der Waals surface area contributed by atoms with Gasteiger partial charge in [-0.15, -0.1) is 0 Å². The molecule has 5 rings (SSSR count). The second-order valence-electron chi connectivity index (χ2n) is 9.60. The number of nitrogens with zero attached hydrogens (tertiary/aromatic N) is 1. The van der Waals surface area contributed by atoms with Crippen molar-refractivity contribution in [2.45, 2.75) is 45.6 Å². The lowest BCUT2D eigenvalue weighted by atomic mass is 9.82. The second kappa shape index (κ2) is 6.60. The number of fused-ring (bicyclic) bond motifs is 6. The Morgan fingerprint density at radius 1 is 0.903 bits per heavy atom. The first-order valence-corrected chi connectivity index (χ1v) is 11.1. The summed E-state index contributed by atoms with van der Waals surface area (Å²) in [5.74, 6) is 0. The zero-order chi connectivity index (χ0) is 22.1. The van der Waals surface area contributed by atoms with Crippen molar-refractivity contribution in [2.24, 2.45) is 0 Å². The summed E-state index contributed by atoms with van der Waals surface area (Å²) in [6, 6.07) is 18.9. The third kappa shape index (κ3) is 3.14. The van der Waals surface area contributed by atoms with Gasteiger partial charge < -0.3 is 9.57 Å². The molecule has 0 saturated heterocycles. The van der Waals surface area contributed by atoms with Gasteiger partial charge in [-0.1, -0.05) is 54.0 Å². The topological polar surface area (TPSA) is 40.5 Å². The van der Waals surface area contributed by atoms with Gasteiger partial charge in [-0.05, 0) is 73.4 Å². The molecule has 0 aliphatic heterocycles. The summed E-state index contributed by atoms with van der Waals surface area (Å²) in [5, 5.41) is 2.05. The molecule has 4 nitrogen and oxygen atoms in total. The Kier molecular flexibility index (Phi) is 4.29. The van der Waals surface area contributed by atoms with Crippen LogP contribution in [-0.2, 0) is 10.2 Å². The van der Waals surface area contributed by atoms with Gasteiger partial charge in [0.1, 0.15) is 5.60 Å². The molecule has 0 radical (unpaired) electrons. The van der Waals surface area contributed by atoms with Crippen molar-refractivity contribution in [3.05, 3.63) is 70.2 Å². The van der Waals surface area contributed by atoms with Crippen LogP contribution in [0.4, 0.5) is 4.79 Å². The molecular weight excluding hydrogens is 454 g/mol. The van der Waals surface area contributed by atoms with Crippen LogP contribution in [-0.4, -0.2) is 16.5 Å². The maximum atomic E-state index is 12.5. The molecule has 31 heavy (non-hydrogen) atoms. The highest BCUT2D eigenvalue weighted by Gasteiger charge is 2.36. The van der Waals surface area contributed by atoms with E-state index < -0.39 is 11.8 Å². The van der Waals surface area contributed by atoms with Crippen molar-refractivity contribution in [3.8, 4) is 11.1 Å². The molecule has 1 aromatic heterocycles. The number of ether oxygens (including phenoxy) is 1. The number of carbonyl (C=O) groups is 1. The summed E-state index contributed by atoms with van der Waals surface area (Å²) in [6.45, 7) is 9.95. The Balaban J connectivity index is 1.78. The van der Waals surface area contributed by atoms with E-state index in [-0.39, 0.29) is 5.41 Å². The number of halogens is 1. The van der Waals surface area contributed by atoms with E-state index >= 15 is 0 Å². The Labute approximate surface area is 189 Å². The second-order valence-corrected chi connectivity index (χ2v) is 10.5. The normalized spacial score (nSPS) is 14.5. The monoisotopic (exact) mass is 477 g/mol. The lowest BCUT2D eigenvalue weighted by Crippen LogP contribution is -2.29. The lowest BCUT2D eigenvalue weighted by molar-refractivity contribution is -0.00687. The fourth-order valence-electron chi connectivity index (χ4n) is 4.59. The van der Waals surface area contributed by atoms with Crippen LogP contribution >= 0.6 is 15.9 Å².